The van der Waals surface area contributed by atoms with Gasteiger partial charge in [0, 0.05) is 26.1 Å². The summed E-state index contributed by atoms with van der Waals surface area (Å²) in [6.07, 6.45) is 2.31. The summed E-state index contributed by atoms with van der Waals surface area (Å²) in [6.45, 7) is 4.74. The van der Waals surface area contributed by atoms with Gasteiger partial charge < -0.3 is 4.74 Å². The smallest absolute Gasteiger partial charge is 0.136 e. The molecule has 0 fully saturated rings. The van der Waals surface area contributed by atoms with Crippen molar-refractivity contribution >= 4 is 5.78 Å². The summed E-state index contributed by atoms with van der Waals surface area (Å²) < 4.78 is 4.99. The van der Waals surface area contributed by atoms with E-state index in [-0.39, 0.29) is 5.92 Å². The fourth-order valence-corrected chi connectivity index (χ4v) is 1.85. The zero-order chi connectivity index (χ0) is 12.7. The van der Waals surface area contributed by atoms with E-state index in [0.717, 1.165) is 12.8 Å². The molecule has 2 nitrogen and oxygen atoms in total. The minimum absolute atomic E-state index is 0.110. The second-order valence-corrected chi connectivity index (χ2v) is 4.58. The van der Waals surface area contributed by atoms with Crippen molar-refractivity contribution in [2.75, 3.05) is 13.7 Å². The molecule has 94 valence electrons. The zero-order valence-electron chi connectivity index (χ0n) is 11.0. The predicted octanol–water partition coefficient (Wildman–Crippen LogP) is 3.17. The lowest BCUT2D eigenvalue weighted by Gasteiger charge is -2.10. The van der Waals surface area contributed by atoms with Crippen LogP contribution in [0.5, 0.6) is 0 Å². The Labute approximate surface area is 104 Å². The number of hydrogen-bond donors (Lipinski definition) is 0. The van der Waals surface area contributed by atoms with Crippen molar-refractivity contribution in [2.24, 2.45) is 5.92 Å². The highest BCUT2D eigenvalue weighted by atomic mass is 16.5. The minimum Gasteiger partial charge on any atom is -0.385 e. The molecule has 0 spiro atoms. The summed E-state index contributed by atoms with van der Waals surface area (Å²) in [4.78, 5) is 11.9. The van der Waals surface area contributed by atoms with Crippen LogP contribution in [0.3, 0.4) is 0 Å². The third-order valence-corrected chi connectivity index (χ3v) is 3.21. The van der Waals surface area contributed by atoms with Crippen LogP contribution in [0, 0.1) is 12.8 Å². The molecular formula is C15H22O2. The molecule has 0 radical (unpaired) electrons. The van der Waals surface area contributed by atoms with E-state index in [4.69, 9.17) is 4.74 Å². The van der Waals surface area contributed by atoms with E-state index >= 15 is 0 Å². The molecule has 1 atom stereocenters. The fraction of sp³-hybridized carbons (Fsp3) is 0.533. The molecule has 0 aliphatic carbocycles. The maximum atomic E-state index is 11.9. The topological polar surface area (TPSA) is 26.3 Å². The van der Waals surface area contributed by atoms with Crippen molar-refractivity contribution in [3.05, 3.63) is 35.4 Å². The van der Waals surface area contributed by atoms with Gasteiger partial charge in [-0.25, -0.2) is 0 Å². The second kappa shape index (κ2) is 7.23. The van der Waals surface area contributed by atoms with E-state index in [0.29, 0.717) is 18.8 Å². The van der Waals surface area contributed by atoms with Crippen molar-refractivity contribution in [1.29, 1.82) is 0 Å². The maximum Gasteiger partial charge on any atom is 0.136 e. The number of ether oxygens (including phenoxy) is 1. The minimum atomic E-state index is 0.110. The Balaban J connectivity index is 2.40. The van der Waals surface area contributed by atoms with Crippen LogP contribution in [0.4, 0.5) is 0 Å². The second-order valence-electron chi connectivity index (χ2n) is 4.58. The van der Waals surface area contributed by atoms with Gasteiger partial charge in [0.05, 0.1) is 0 Å². The third-order valence-electron chi connectivity index (χ3n) is 3.21. The van der Waals surface area contributed by atoms with Crippen LogP contribution in [0.2, 0.25) is 0 Å². The number of carbonyl (C=O) groups is 1. The summed E-state index contributed by atoms with van der Waals surface area (Å²) in [7, 11) is 1.67. The summed E-state index contributed by atoms with van der Waals surface area (Å²) in [5.74, 6) is 0.448. The molecule has 0 N–H and O–H groups in total. The standard InChI is InChI=1S/C15H22O2/c1-12-6-4-5-7-14(12)8-9-15(16)13(2)10-11-17-3/h4-7,13H,8-11H2,1-3H3. The first kappa shape index (κ1) is 13.9. The average molecular weight is 234 g/mol. The molecule has 0 aromatic heterocycles. The Bertz CT molecular complexity index is 358. The van der Waals surface area contributed by atoms with Crippen molar-refractivity contribution in [2.45, 2.75) is 33.1 Å². The predicted molar refractivity (Wildman–Crippen MR) is 70.2 cm³/mol. The number of Topliss-reactive ketones (excluding diaryl/α,β-unsaturated/α-hetero) is 1. The number of rotatable bonds is 7. The first-order valence-corrected chi connectivity index (χ1v) is 6.21. The normalized spacial score (nSPS) is 12.4. The van der Waals surface area contributed by atoms with Crippen molar-refractivity contribution in [1.82, 2.24) is 0 Å². The highest BCUT2D eigenvalue weighted by Gasteiger charge is 2.12. The number of carbonyl (C=O) groups excluding carboxylic acids is 1. The van der Waals surface area contributed by atoms with E-state index in [1.807, 2.05) is 19.1 Å². The third kappa shape index (κ3) is 4.70. The molecule has 0 amide bonds. The summed E-state index contributed by atoms with van der Waals surface area (Å²) in [5, 5.41) is 0. The number of methoxy groups -OCH3 is 1. The van der Waals surface area contributed by atoms with Crippen LogP contribution in [0.1, 0.15) is 30.9 Å². The Morgan fingerprint density at radius 3 is 2.71 bits per heavy atom. The van der Waals surface area contributed by atoms with Gasteiger partial charge >= 0.3 is 0 Å². The molecule has 1 unspecified atom stereocenters. The molecule has 0 aliphatic rings. The van der Waals surface area contributed by atoms with E-state index in [1.54, 1.807) is 7.11 Å². The van der Waals surface area contributed by atoms with Crippen LogP contribution in [-0.2, 0) is 16.0 Å². The first-order valence-electron chi connectivity index (χ1n) is 6.21. The molecule has 0 aliphatic heterocycles. The van der Waals surface area contributed by atoms with Crippen LogP contribution >= 0.6 is 0 Å². The lowest BCUT2D eigenvalue weighted by Crippen LogP contribution is -2.14. The molecule has 0 bridgehead atoms. The Hall–Kier alpha value is -1.15. The van der Waals surface area contributed by atoms with Gasteiger partial charge in [-0.15, -0.1) is 0 Å². The summed E-state index contributed by atoms with van der Waals surface area (Å²) >= 11 is 0. The van der Waals surface area contributed by atoms with Crippen LogP contribution in [0.25, 0.3) is 0 Å². The molecule has 0 heterocycles. The van der Waals surface area contributed by atoms with E-state index < -0.39 is 0 Å². The number of benzene rings is 1. The number of hydrogen-bond acceptors (Lipinski definition) is 2. The van der Waals surface area contributed by atoms with Gasteiger partial charge in [-0.2, -0.15) is 0 Å². The fourth-order valence-electron chi connectivity index (χ4n) is 1.85. The van der Waals surface area contributed by atoms with Gasteiger partial charge in [-0.05, 0) is 30.9 Å². The zero-order valence-corrected chi connectivity index (χ0v) is 11.0. The Morgan fingerprint density at radius 2 is 2.06 bits per heavy atom. The van der Waals surface area contributed by atoms with Gasteiger partial charge in [0.1, 0.15) is 5.78 Å². The molecule has 1 rings (SSSR count). The van der Waals surface area contributed by atoms with Crippen LogP contribution in [-0.4, -0.2) is 19.5 Å². The molecule has 0 saturated carbocycles. The summed E-state index contributed by atoms with van der Waals surface area (Å²) in [5.41, 5.74) is 2.55. The van der Waals surface area contributed by atoms with Crippen molar-refractivity contribution in [3.63, 3.8) is 0 Å². The molecule has 1 aromatic rings. The quantitative estimate of drug-likeness (QED) is 0.724. The SMILES string of the molecule is COCCC(C)C(=O)CCc1ccccc1C. The van der Waals surface area contributed by atoms with Gasteiger partial charge in [-0.1, -0.05) is 31.2 Å². The maximum absolute atomic E-state index is 11.9. The van der Waals surface area contributed by atoms with E-state index in [9.17, 15) is 4.79 Å². The number of aryl methyl sites for hydroxylation is 2. The molecule has 2 heteroatoms. The lowest BCUT2D eigenvalue weighted by atomic mass is 9.96. The Kier molecular flexibility index (Phi) is 5.92. The average Bonchev–Trinajstić information content (AvgIpc) is 2.34. The molecule has 17 heavy (non-hydrogen) atoms. The summed E-state index contributed by atoms with van der Waals surface area (Å²) in [6, 6.07) is 8.25. The van der Waals surface area contributed by atoms with Gasteiger partial charge in [0.2, 0.25) is 0 Å². The van der Waals surface area contributed by atoms with Crippen molar-refractivity contribution < 1.29 is 9.53 Å². The highest BCUT2D eigenvalue weighted by molar-refractivity contribution is 5.80. The van der Waals surface area contributed by atoms with Gasteiger partial charge in [0.25, 0.3) is 0 Å². The van der Waals surface area contributed by atoms with E-state index in [2.05, 4.69) is 19.1 Å². The van der Waals surface area contributed by atoms with E-state index in [1.165, 1.54) is 11.1 Å². The largest absolute Gasteiger partial charge is 0.385 e. The first-order chi connectivity index (χ1) is 8.15. The monoisotopic (exact) mass is 234 g/mol. The van der Waals surface area contributed by atoms with Gasteiger partial charge in [0.15, 0.2) is 0 Å². The molecular weight excluding hydrogens is 212 g/mol. The molecule has 0 saturated heterocycles. The van der Waals surface area contributed by atoms with Crippen molar-refractivity contribution in [3.8, 4) is 0 Å². The lowest BCUT2D eigenvalue weighted by molar-refractivity contribution is -0.122. The van der Waals surface area contributed by atoms with Crippen LogP contribution < -0.4 is 0 Å². The Morgan fingerprint density at radius 1 is 1.35 bits per heavy atom. The number of ketones is 1. The van der Waals surface area contributed by atoms with Gasteiger partial charge in [-0.3, -0.25) is 4.79 Å². The molecule has 1 aromatic carbocycles. The van der Waals surface area contributed by atoms with Crippen LogP contribution in [0.15, 0.2) is 24.3 Å². The highest BCUT2D eigenvalue weighted by Crippen LogP contribution is 2.13.